The lowest BCUT2D eigenvalue weighted by atomic mass is 10.2. The number of nitrogens with two attached hydrogens (primary N) is 1. The van der Waals surface area contributed by atoms with E-state index >= 15 is 0 Å². The maximum Gasteiger partial charge on any atom is 0.207 e. The zero-order chi connectivity index (χ0) is 14.3. The molecule has 0 saturated carbocycles. The summed E-state index contributed by atoms with van der Waals surface area (Å²) in [6.45, 7) is 2.13. The molecule has 0 amide bonds. The van der Waals surface area contributed by atoms with Crippen LogP contribution in [0.25, 0.3) is 16.9 Å². The molecule has 0 saturated heterocycles. The predicted octanol–water partition coefficient (Wildman–Crippen LogP) is 3.06. The normalized spacial score (nSPS) is 11.3. The second-order valence-corrected chi connectivity index (χ2v) is 5.69. The quantitative estimate of drug-likeness (QED) is 0.801. The third-order valence-electron chi connectivity index (χ3n) is 3.28. The van der Waals surface area contributed by atoms with E-state index in [4.69, 9.17) is 5.73 Å². The number of aromatic nitrogens is 4. The Labute approximate surface area is 125 Å². The average Bonchev–Trinajstić information content (AvgIpc) is 2.88. The number of imidazole rings is 1. The Kier molecular flexibility index (Phi) is 3.25. The highest BCUT2D eigenvalue weighted by molar-refractivity contribution is 9.10. The Morgan fingerprint density at radius 2 is 2.15 bits per heavy atom. The fourth-order valence-electron chi connectivity index (χ4n) is 2.47. The monoisotopic (exact) mass is 333 g/mol. The maximum atomic E-state index is 6.11. The van der Waals surface area contributed by atoms with Crippen LogP contribution in [0.2, 0.25) is 0 Å². The Balaban J connectivity index is 2.28. The molecule has 2 heterocycles. The summed E-state index contributed by atoms with van der Waals surface area (Å²) in [6, 6.07) is 7.99. The summed E-state index contributed by atoms with van der Waals surface area (Å²) in [5, 5.41) is 4.56. The standard InChI is InChI=1S/C14H16BrN5/c1-3-5-11-12-13(19(2)18-11)20(14(16)17-12)10-7-4-6-9(15)8-10/h4,6-8H,3,5H2,1-2H3,(H2,16,17). The van der Waals surface area contributed by atoms with Crippen molar-refractivity contribution >= 4 is 33.0 Å². The Morgan fingerprint density at radius 1 is 1.35 bits per heavy atom. The maximum absolute atomic E-state index is 6.11. The first kappa shape index (κ1) is 13.2. The van der Waals surface area contributed by atoms with Gasteiger partial charge in [-0.25, -0.2) is 9.67 Å². The number of fused-ring (bicyclic) bond motifs is 1. The van der Waals surface area contributed by atoms with E-state index in [-0.39, 0.29) is 0 Å². The molecule has 2 N–H and O–H groups in total. The molecule has 0 aliphatic carbocycles. The van der Waals surface area contributed by atoms with E-state index in [1.807, 2.05) is 40.6 Å². The van der Waals surface area contributed by atoms with Crippen molar-refractivity contribution < 1.29 is 0 Å². The van der Waals surface area contributed by atoms with Gasteiger partial charge in [0.05, 0.1) is 11.4 Å². The lowest BCUT2D eigenvalue weighted by Crippen LogP contribution is -2.05. The van der Waals surface area contributed by atoms with Crippen molar-refractivity contribution in [3.8, 4) is 5.69 Å². The van der Waals surface area contributed by atoms with E-state index in [1.54, 1.807) is 0 Å². The van der Waals surface area contributed by atoms with Gasteiger partial charge in [-0.3, -0.25) is 4.57 Å². The van der Waals surface area contributed by atoms with Crippen LogP contribution in [0.1, 0.15) is 19.0 Å². The highest BCUT2D eigenvalue weighted by atomic mass is 79.9. The van der Waals surface area contributed by atoms with E-state index in [0.29, 0.717) is 5.95 Å². The van der Waals surface area contributed by atoms with Gasteiger partial charge in [-0.15, -0.1) is 0 Å². The predicted molar refractivity (Wildman–Crippen MR) is 83.9 cm³/mol. The molecule has 1 aromatic carbocycles. The molecule has 0 atom stereocenters. The molecule has 2 aromatic heterocycles. The van der Waals surface area contributed by atoms with Crippen LogP contribution in [0.5, 0.6) is 0 Å². The molecule has 3 rings (SSSR count). The molecular weight excluding hydrogens is 318 g/mol. The number of nitrogens with zero attached hydrogens (tertiary/aromatic N) is 4. The van der Waals surface area contributed by atoms with Crippen molar-refractivity contribution in [2.24, 2.45) is 7.05 Å². The molecule has 0 unspecified atom stereocenters. The second-order valence-electron chi connectivity index (χ2n) is 4.78. The topological polar surface area (TPSA) is 61.7 Å². The van der Waals surface area contributed by atoms with E-state index in [0.717, 1.165) is 39.9 Å². The van der Waals surface area contributed by atoms with Gasteiger partial charge in [-0.1, -0.05) is 35.3 Å². The summed E-state index contributed by atoms with van der Waals surface area (Å²) in [5.41, 5.74) is 9.92. The Bertz CT molecular complexity index is 771. The van der Waals surface area contributed by atoms with E-state index < -0.39 is 0 Å². The molecule has 0 aliphatic heterocycles. The Hall–Kier alpha value is -1.82. The van der Waals surface area contributed by atoms with Gasteiger partial charge >= 0.3 is 0 Å². The number of rotatable bonds is 3. The first-order chi connectivity index (χ1) is 9.61. The summed E-state index contributed by atoms with van der Waals surface area (Å²) < 4.78 is 4.80. The van der Waals surface area contributed by atoms with Crippen LogP contribution < -0.4 is 5.73 Å². The van der Waals surface area contributed by atoms with Gasteiger partial charge in [0.25, 0.3) is 0 Å². The summed E-state index contributed by atoms with van der Waals surface area (Å²) in [7, 11) is 1.93. The highest BCUT2D eigenvalue weighted by Crippen LogP contribution is 2.26. The zero-order valence-electron chi connectivity index (χ0n) is 11.5. The van der Waals surface area contributed by atoms with Crippen molar-refractivity contribution in [3.05, 3.63) is 34.4 Å². The number of hydrogen-bond acceptors (Lipinski definition) is 3. The number of halogens is 1. The first-order valence-corrected chi connectivity index (χ1v) is 7.37. The molecule has 104 valence electrons. The third-order valence-corrected chi connectivity index (χ3v) is 3.78. The Morgan fingerprint density at radius 3 is 2.85 bits per heavy atom. The number of nitrogen functional groups attached to an aromatic ring is 1. The molecule has 0 aliphatic rings. The van der Waals surface area contributed by atoms with Gasteiger partial charge in [0.2, 0.25) is 5.95 Å². The SMILES string of the molecule is CCCc1nn(C)c2c1nc(N)n2-c1cccc(Br)c1. The van der Waals surface area contributed by atoms with E-state index in [2.05, 4.69) is 32.9 Å². The number of benzene rings is 1. The van der Waals surface area contributed by atoms with Crippen LogP contribution in [-0.2, 0) is 13.5 Å². The van der Waals surface area contributed by atoms with E-state index in [9.17, 15) is 0 Å². The van der Waals surface area contributed by atoms with Crippen LogP contribution >= 0.6 is 15.9 Å². The van der Waals surface area contributed by atoms with Crippen LogP contribution in [0.3, 0.4) is 0 Å². The number of aryl methyl sites for hydroxylation is 2. The minimum absolute atomic E-state index is 0.489. The van der Waals surface area contributed by atoms with Crippen LogP contribution in [0.15, 0.2) is 28.7 Å². The minimum Gasteiger partial charge on any atom is -0.369 e. The van der Waals surface area contributed by atoms with Crippen molar-refractivity contribution in [1.82, 2.24) is 19.3 Å². The van der Waals surface area contributed by atoms with Crippen molar-refractivity contribution in [1.29, 1.82) is 0 Å². The fraction of sp³-hybridized carbons (Fsp3) is 0.286. The van der Waals surface area contributed by atoms with E-state index in [1.165, 1.54) is 0 Å². The van der Waals surface area contributed by atoms with Crippen LogP contribution in [0, 0.1) is 0 Å². The summed E-state index contributed by atoms with van der Waals surface area (Å²) in [4.78, 5) is 4.50. The highest BCUT2D eigenvalue weighted by Gasteiger charge is 2.18. The van der Waals surface area contributed by atoms with Crippen molar-refractivity contribution in [2.75, 3.05) is 5.73 Å². The van der Waals surface area contributed by atoms with Gasteiger partial charge < -0.3 is 5.73 Å². The molecule has 20 heavy (non-hydrogen) atoms. The summed E-state index contributed by atoms with van der Waals surface area (Å²) >= 11 is 3.49. The molecule has 3 aromatic rings. The van der Waals surface area contributed by atoms with Gasteiger partial charge in [0.15, 0.2) is 5.65 Å². The molecule has 0 spiro atoms. The molecule has 0 radical (unpaired) electrons. The molecule has 0 bridgehead atoms. The van der Waals surface area contributed by atoms with Crippen LogP contribution in [0.4, 0.5) is 5.95 Å². The summed E-state index contributed by atoms with van der Waals surface area (Å²) in [6.07, 6.45) is 1.95. The van der Waals surface area contributed by atoms with Crippen LogP contribution in [-0.4, -0.2) is 19.3 Å². The number of anilines is 1. The zero-order valence-corrected chi connectivity index (χ0v) is 13.1. The van der Waals surface area contributed by atoms with Crippen molar-refractivity contribution in [2.45, 2.75) is 19.8 Å². The van der Waals surface area contributed by atoms with Gasteiger partial charge in [0, 0.05) is 11.5 Å². The average molecular weight is 334 g/mol. The molecular formula is C14H16BrN5. The number of hydrogen-bond donors (Lipinski definition) is 1. The fourth-order valence-corrected chi connectivity index (χ4v) is 2.86. The van der Waals surface area contributed by atoms with Gasteiger partial charge in [-0.2, -0.15) is 5.10 Å². The second kappa shape index (κ2) is 4.94. The third kappa shape index (κ3) is 2.00. The minimum atomic E-state index is 0.489. The van der Waals surface area contributed by atoms with Gasteiger partial charge in [0.1, 0.15) is 5.52 Å². The molecule has 0 fully saturated rings. The largest absolute Gasteiger partial charge is 0.369 e. The lowest BCUT2D eigenvalue weighted by Gasteiger charge is -2.07. The lowest BCUT2D eigenvalue weighted by molar-refractivity contribution is 0.737. The first-order valence-electron chi connectivity index (χ1n) is 6.57. The molecule has 6 heteroatoms. The summed E-state index contributed by atoms with van der Waals surface area (Å²) in [5.74, 6) is 0.489. The molecule has 5 nitrogen and oxygen atoms in total. The van der Waals surface area contributed by atoms with Gasteiger partial charge in [-0.05, 0) is 24.6 Å². The smallest absolute Gasteiger partial charge is 0.207 e. The van der Waals surface area contributed by atoms with Crippen molar-refractivity contribution in [3.63, 3.8) is 0 Å².